The van der Waals surface area contributed by atoms with Gasteiger partial charge in [-0.3, -0.25) is 14.7 Å². The molecule has 0 radical (unpaired) electrons. The van der Waals surface area contributed by atoms with Crippen LogP contribution in [0.5, 0.6) is 0 Å². The third-order valence-corrected chi connectivity index (χ3v) is 9.15. The Morgan fingerprint density at radius 3 is 2.75 bits per heavy atom. The first-order valence-electron chi connectivity index (χ1n) is 13.4. The Balaban J connectivity index is 1.21. The fraction of sp³-hybridized carbons (Fsp3) is 0.500. The molecule has 1 aromatic heterocycles. The first-order chi connectivity index (χ1) is 17.5. The van der Waals surface area contributed by atoms with Gasteiger partial charge in [0.25, 0.3) is 0 Å². The maximum Gasteiger partial charge on any atom is 0.231 e. The summed E-state index contributed by atoms with van der Waals surface area (Å²) in [6.45, 7) is 3.07. The van der Waals surface area contributed by atoms with E-state index in [0.717, 1.165) is 63.9 Å². The average Bonchev–Trinajstić information content (AvgIpc) is 3.20. The third kappa shape index (κ3) is 3.77. The molecule has 1 saturated carbocycles. The number of nitrogens with zero attached hydrogens (tertiary/aromatic N) is 4. The smallest absolute Gasteiger partial charge is 0.231 e. The summed E-state index contributed by atoms with van der Waals surface area (Å²) in [5.74, 6) is -0.0689. The lowest BCUT2D eigenvalue weighted by Crippen LogP contribution is -2.47. The van der Waals surface area contributed by atoms with Gasteiger partial charge < -0.3 is 10.0 Å². The summed E-state index contributed by atoms with van der Waals surface area (Å²) in [6.07, 6.45) is 19.6. The molecule has 1 N–H and O–H groups in total. The van der Waals surface area contributed by atoms with Crippen molar-refractivity contribution in [2.24, 2.45) is 11.3 Å². The SMILES string of the molecule is N#CC1(c2ccccn2)CCN(CC2=CC3C(=O)N([C@H]4CCCC[C@@H]4O)CC34C=CC=CC4=C2)CC1. The van der Waals surface area contributed by atoms with Gasteiger partial charge in [-0.05, 0) is 49.0 Å². The van der Waals surface area contributed by atoms with E-state index in [0.29, 0.717) is 6.54 Å². The van der Waals surface area contributed by atoms with Crippen molar-refractivity contribution in [1.82, 2.24) is 14.8 Å². The van der Waals surface area contributed by atoms with E-state index in [1.807, 2.05) is 23.1 Å². The van der Waals surface area contributed by atoms with Crippen LogP contribution in [0.2, 0.25) is 0 Å². The number of carbonyl (C=O) groups excluding carboxylic acids is 1. The van der Waals surface area contributed by atoms with Crippen molar-refractivity contribution in [3.05, 3.63) is 77.7 Å². The minimum Gasteiger partial charge on any atom is -0.391 e. The molecule has 3 fully saturated rings. The van der Waals surface area contributed by atoms with Crippen LogP contribution in [-0.2, 0) is 10.2 Å². The maximum absolute atomic E-state index is 13.8. The number of rotatable bonds is 4. The van der Waals surface area contributed by atoms with Crippen molar-refractivity contribution in [2.45, 2.75) is 56.1 Å². The number of nitriles is 1. The normalized spacial score (nSPS) is 33.4. The molecule has 2 saturated heterocycles. The Morgan fingerprint density at radius 1 is 1.17 bits per heavy atom. The molecule has 5 aliphatic rings. The zero-order chi connectivity index (χ0) is 24.8. The zero-order valence-electron chi connectivity index (χ0n) is 20.7. The largest absolute Gasteiger partial charge is 0.391 e. The van der Waals surface area contributed by atoms with Crippen LogP contribution in [0.1, 0.15) is 44.2 Å². The summed E-state index contributed by atoms with van der Waals surface area (Å²) < 4.78 is 0. The lowest BCUT2D eigenvalue weighted by molar-refractivity contribution is -0.135. The quantitative estimate of drug-likeness (QED) is 0.708. The number of amides is 1. The molecule has 3 aliphatic carbocycles. The van der Waals surface area contributed by atoms with Crippen LogP contribution in [0.25, 0.3) is 0 Å². The van der Waals surface area contributed by atoms with Gasteiger partial charge in [0, 0.05) is 37.8 Å². The number of aliphatic hydroxyl groups is 1. The second-order valence-corrected chi connectivity index (χ2v) is 11.1. The Morgan fingerprint density at radius 2 is 2.00 bits per heavy atom. The molecule has 2 unspecified atom stereocenters. The number of piperidine rings is 1. The van der Waals surface area contributed by atoms with Crippen LogP contribution in [0, 0.1) is 22.7 Å². The van der Waals surface area contributed by atoms with Crippen molar-refractivity contribution in [1.29, 1.82) is 5.26 Å². The average molecular weight is 483 g/mol. The molecule has 2 aliphatic heterocycles. The molecule has 6 nitrogen and oxygen atoms in total. The maximum atomic E-state index is 13.8. The molecule has 3 heterocycles. The summed E-state index contributed by atoms with van der Waals surface area (Å²) in [5, 5.41) is 20.7. The van der Waals surface area contributed by atoms with E-state index in [9.17, 15) is 15.2 Å². The predicted molar refractivity (Wildman–Crippen MR) is 138 cm³/mol. The predicted octanol–water partition coefficient (Wildman–Crippen LogP) is 3.68. The van der Waals surface area contributed by atoms with Crippen molar-refractivity contribution >= 4 is 5.91 Å². The Hall–Kier alpha value is -3.01. The van der Waals surface area contributed by atoms with Crippen LogP contribution >= 0.6 is 0 Å². The number of aliphatic hydroxyl groups excluding tert-OH is 1. The molecule has 0 bridgehead atoms. The van der Waals surface area contributed by atoms with Crippen molar-refractivity contribution in [3.8, 4) is 6.07 Å². The topological polar surface area (TPSA) is 80.5 Å². The molecule has 1 amide bonds. The molecule has 1 aromatic rings. The summed E-state index contributed by atoms with van der Waals surface area (Å²) in [5.41, 5.74) is 2.39. The number of hydrogen-bond acceptors (Lipinski definition) is 5. The zero-order valence-corrected chi connectivity index (χ0v) is 20.7. The second-order valence-electron chi connectivity index (χ2n) is 11.1. The standard InChI is InChI=1S/C30H34N4O2/c31-20-29(27-10-4-6-14-32-27)12-15-33(16-13-29)19-22-17-23-7-3-5-11-30(23)21-34(28(36)24(30)18-22)25-8-1-2-9-26(25)35/h3-7,10-11,14,17-18,24-26,35H,1-2,8-9,12-13,15-16,19,21H2/t24?,25-,26-,30?/m0/s1. The number of aromatic nitrogens is 1. The van der Waals surface area contributed by atoms with Gasteiger partial charge in [0.15, 0.2) is 0 Å². The molecule has 36 heavy (non-hydrogen) atoms. The highest BCUT2D eigenvalue weighted by molar-refractivity contribution is 5.87. The van der Waals surface area contributed by atoms with Gasteiger partial charge in [-0.2, -0.15) is 5.26 Å². The highest BCUT2D eigenvalue weighted by Crippen LogP contribution is 2.51. The number of hydrogen-bond donors (Lipinski definition) is 1. The van der Waals surface area contributed by atoms with E-state index in [-0.39, 0.29) is 23.3 Å². The van der Waals surface area contributed by atoms with Gasteiger partial charge in [-0.25, -0.2) is 0 Å². The monoisotopic (exact) mass is 482 g/mol. The van der Waals surface area contributed by atoms with E-state index in [4.69, 9.17) is 0 Å². The van der Waals surface area contributed by atoms with Gasteiger partial charge >= 0.3 is 0 Å². The van der Waals surface area contributed by atoms with E-state index >= 15 is 0 Å². The molecule has 0 aromatic carbocycles. The minimum absolute atomic E-state index is 0.0728. The van der Waals surface area contributed by atoms with Crippen molar-refractivity contribution in [3.63, 3.8) is 0 Å². The molecular formula is C30H34N4O2. The Labute approximate surface area is 213 Å². The summed E-state index contributed by atoms with van der Waals surface area (Å²) in [7, 11) is 0. The molecular weight excluding hydrogens is 448 g/mol. The number of carbonyl (C=O) groups is 1. The van der Waals surface area contributed by atoms with Crippen LogP contribution in [-0.4, -0.2) is 64.1 Å². The van der Waals surface area contributed by atoms with Crippen LogP contribution in [0.15, 0.2) is 72.0 Å². The van der Waals surface area contributed by atoms with E-state index in [1.54, 1.807) is 6.20 Å². The van der Waals surface area contributed by atoms with Gasteiger partial charge in [-0.15, -0.1) is 0 Å². The van der Waals surface area contributed by atoms with E-state index in [2.05, 4.69) is 52.4 Å². The second kappa shape index (κ2) is 9.14. The minimum atomic E-state index is -0.522. The number of likely N-dealkylation sites (tertiary alicyclic amines) is 2. The lowest BCUT2D eigenvalue weighted by Gasteiger charge is -2.39. The third-order valence-electron chi connectivity index (χ3n) is 9.15. The van der Waals surface area contributed by atoms with Crippen LogP contribution in [0.3, 0.4) is 0 Å². The Bertz CT molecular complexity index is 1190. The molecule has 4 atom stereocenters. The van der Waals surface area contributed by atoms with Crippen molar-refractivity contribution < 1.29 is 9.90 Å². The number of pyridine rings is 1. The van der Waals surface area contributed by atoms with Crippen LogP contribution in [0.4, 0.5) is 0 Å². The highest BCUT2D eigenvalue weighted by Gasteiger charge is 2.55. The first-order valence-corrected chi connectivity index (χ1v) is 13.4. The van der Waals surface area contributed by atoms with Gasteiger partial charge in [0.1, 0.15) is 5.41 Å². The lowest BCUT2D eigenvalue weighted by atomic mass is 9.66. The highest BCUT2D eigenvalue weighted by atomic mass is 16.3. The summed E-state index contributed by atoms with van der Waals surface area (Å²) in [4.78, 5) is 22.7. The van der Waals surface area contributed by atoms with Gasteiger partial charge in [0.05, 0.1) is 29.8 Å². The fourth-order valence-corrected chi connectivity index (χ4v) is 7.04. The fourth-order valence-electron chi connectivity index (χ4n) is 7.04. The molecule has 6 heteroatoms. The van der Waals surface area contributed by atoms with E-state index in [1.165, 1.54) is 11.1 Å². The Kier molecular flexibility index (Phi) is 5.94. The van der Waals surface area contributed by atoms with E-state index < -0.39 is 11.5 Å². The number of allylic oxidation sites excluding steroid dienone is 3. The molecule has 186 valence electrons. The summed E-state index contributed by atoms with van der Waals surface area (Å²) in [6, 6.07) is 8.31. The first kappa shape index (κ1) is 23.4. The molecule has 1 spiro atoms. The van der Waals surface area contributed by atoms with Crippen LogP contribution < -0.4 is 0 Å². The van der Waals surface area contributed by atoms with Crippen molar-refractivity contribution in [2.75, 3.05) is 26.2 Å². The molecule has 6 rings (SSSR count). The van der Waals surface area contributed by atoms with Gasteiger partial charge in [0.2, 0.25) is 5.91 Å². The van der Waals surface area contributed by atoms with Gasteiger partial charge in [-0.1, -0.05) is 55.4 Å². The summed E-state index contributed by atoms with van der Waals surface area (Å²) >= 11 is 0.